The molecule has 0 aliphatic heterocycles. The van der Waals surface area contributed by atoms with Crippen LogP contribution in [0.1, 0.15) is 62.4 Å². The average Bonchev–Trinajstić information content (AvgIpc) is 4.18. The number of carbonyl (C=O) groups is 2. The minimum Gasteiger partial charge on any atom is -0.731 e. The van der Waals surface area contributed by atoms with E-state index in [1.54, 1.807) is 76.5 Å². The van der Waals surface area contributed by atoms with Crippen molar-refractivity contribution in [2.24, 2.45) is 0 Å². The number of anilines is 2. The van der Waals surface area contributed by atoms with Crippen molar-refractivity contribution >= 4 is 95.0 Å². The van der Waals surface area contributed by atoms with Gasteiger partial charge >= 0.3 is 6.09 Å². The number of alkyl carbamates (subject to hydrolysis) is 1. The number of nitrogens with zero attached hydrogens (tertiary/aromatic N) is 1. The van der Waals surface area contributed by atoms with E-state index in [1.165, 1.54) is 42.7 Å². The molecule has 73 heavy (non-hydrogen) atoms. The Morgan fingerprint density at radius 1 is 0.685 bits per heavy atom. The van der Waals surface area contributed by atoms with Crippen molar-refractivity contribution in [1.29, 1.82) is 0 Å². The molecule has 3 atom stereocenters. The first-order valence-corrected chi connectivity index (χ1v) is 27.4. The molecule has 23 heteroatoms. The van der Waals surface area contributed by atoms with Gasteiger partial charge in [0.25, 0.3) is 5.01 Å². The Morgan fingerprint density at radius 2 is 1.27 bits per heavy atom. The standard InChI is InChI=1S/C26H26N4O6S3.C21H18FN3O3S3.3CH4/c1-36-26(32)29-21(15-17-6-3-2-4-7-17)24(31)27-20(22-16-38-25(28-22)23-8-5-13-37-23)14-18-9-11-19(12-10-18)30-39(33,34)35;22-15-3-1-4-17(12-15)23-18(19-13-30-21(24-19)20-5-2-10-29-20)11-14-6-8-16(9-7-14)25-31(26,27)28;;;/h2-13,16,20-21,30H,14-15H2,1H3,(H,27,31)(H,29,32)(H,33,34,35);1-10,12-13,18,23,25H,11H2,(H,26,27,28);3*1H4/t;18-;;;/m.0.../s1. The number of carbonyl (C=O) groups excluding carboxylic acids is 2. The number of aromatic nitrogens is 2. The lowest BCUT2D eigenvalue weighted by atomic mass is 10.0. The van der Waals surface area contributed by atoms with Crippen LogP contribution in [0.4, 0.5) is 26.2 Å². The van der Waals surface area contributed by atoms with Crippen molar-refractivity contribution in [1.82, 2.24) is 15.6 Å². The molecule has 388 valence electrons. The predicted octanol–water partition coefficient (Wildman–Crippen LogP) is 9.50. The monoisotopic (exact) mass is 1110 g/mol. The Labute approximate surface area is 441 Å². The second-order valence-electron chi connectivity index (χ2n) is 15.4. The van der Waals surface area contributed by atoms with Gasteiger partial charge in [0.2, 0.25) is 11.6 Å². The number of thiazole rings is 2. The summed E-state index contributed by atoms with van der Waals surface area (Å²) in [6.45, 7) is 0. The Hall–Kier alpha value is -6.41. The SMILES string of the molecule is C.C.C.COC(=O)NC(Cc1ccccc1)C(=O)NC(Cc1ccc(NS(=O)(=O)[O-])cc1)c1csc(-c2cccs2)[nH+]1.O=S(=O)([O-])Nc1ccc(C[C@H]([NH2+]c2cccc(F)c2)c2csc(-c3cccs3)n2)cc1. The molecule has 4 heterocycles. The number of quaternary nitrogens is 1. The second kappa shape index (κ2) is 27.6. The minimum atomic E-state index is -4.64. The summed E-state index contributed by atoms with van der Waals surface area (Å²) < 4.78 is 87.9. The smallest absolute Gasteiger partial charge is 0.407 e. The summed E-state index contributed by atoms with van der Waals surface area (Å²) in [5.41, 5.74) is 5.32. The van der Waals surface area contributed by atoms with Crippen molar-refractivity contribution in [3.63, 3.8) is 0 Å². The lowest BCUT2D eigenvalue weighted by Crippen LogP contribution is -2.80. The Bertz CT molecular complexity index is 3180. The van der Waals surface area contributed by atoms with E-state index in [-0.39, 0.29) is 51.9 Å². The summed E-state index contributed by atoms with van der Waals surface area (Å²) in [6, 6.07) is 35.0. The van der Waals surface area contributed by atoms with Crippen LogP contribution in [0.25, 0.3) is 19.8 Å². The molecule has 4 aromatic carbocycles. The third-order valence-corrected chi connectivity index (χ3v) is 15.1. The number of halogens is 1. The van der Waals surface area contributed by atoms with Gasteiger partial charge in [0, 0.05) is 42.1 Å². The van der Waals surface area contributed by atoms with E-state index >= 15 is 0 Å². The Morgan fingerprint density at radius 3 is 1.84 bits per heavy atom. The molecule has 0 spiro atoms. The highest BCUT2D eigenvalue weighted by Gasteiger charge is 2.29. The summed E-state index contributed by atoms with van der Waals surface area (Å²) in [7, 11) is -7.98. The maximum absolute atomic E-state index is 13.7. The van der Waals surface area contributed by atoms with Crippen LogP contribution in [0.2, 0.25) is 0 Å². The van der Waals surface area contributed by atoms with E-state index in [0.717, 1.165) is 53.5 Å². The van der Waals surface area contributed by atoms with E-state index in [2.05, 4.69) is 15.6 Å². The van der Waals surface area contributed by atoms with E-state index in [9.17, 15) is 39.9 Å². The molecule has 4 aromatic heterocycles. The molecule has 2 amide bonds. The molecular weight excluding hydrogens is 1050 g/mol. The Kier molecular flexibility index (Phi) is 22.4. The first-order chi connectivity index (χ1) is 33.6. The number of hydrogen-bond donors (Lipinski definition) is 5. The predicted molar refractivity (Wildman–Crippen MR) is 288 cm³/mol. The lowest BCUT2D eigenvalue weighted by Gasteiger charge is -2.21. The third kappa shape index (κ3) is 18.5. The highest BCUT2D eigenvalue weighted by atomic mass is 32.2. The highest BCUT2D eigenvalue weighted by molar-refractivity contribution is 7.87. The summed E-state index contributed by atoms with van der Waals surface area (Å²) in [5.74, 6) is -0.707. The normalized spacial score (nSPS) is 12.2. The molecule has 16 nitrogen and oxygen atoms in total. The molecule has 7 N–H and O–H groups in total. The number of rotatable bonds is 19. The lowest BCUT2D eigenvalue weighted by molar-refractivity contribution is -0.618. The number of nitrogens with one attached hydrogen (secondary N) is 5. The Balaban J connectivity index is 0.000000311. The zero-order chi connectivity index (χ0) is 49.7. The topological polar surface area (TPSA) is 250 Å². The van der Waals surface area contributed by atoms with Crippen molar-refractivity contribution < 1.29 is 55.0 Å². The van der Waals surface area contributed by atoms with E-state index in [1.807, 2.05) is 96.9 Å². The fraction of sp³-hybridized carbons (Fsp3) is 0.200. The molecule has 0 radical (unpaired) electrons. The number of hydrogen-bond acceptors (Lipinski definition) is 14. The van der Waals surface area contributed by atoms with Gasteiger partial charge in [-0.25, -0.2) is 31.0 Å². The maximum Gasteiger partial charge on any atom is 0.407 e. The van der Waals surface area contributed by atoms with Crippen molar-refractivity contribution in [3.05, 3.63) is 183 Å². The molecular formula is C50H56FN7O9S6. The van der Waals surface area contributed by atoms with Gasteiger partial charge in [0.1, 0.15) is 45.2 Å². The summed E-state index contributed by atoms with van der Waals surface area (Å²) in [5, 5.41) is 17.4. The fourth-order valence-electron chi connectivity index (χ4n) is 7.04. The maximum atomic E-state index is 13.7. The summed E-state index contributed by atoms with van der Waals surface area (Å²) in [4.78, 5) is 35.9. The molecule has 0 saturated heterocycles. The first kappa shape index (κ1) is 59.2. The zero-order valence-corrected chi connectivity index (χ0v) is 41.7. The second-order valence-corrected chi connectivity index (χ2v) is 21.2. The van der Waals surface area contributed by atoms with Gasteiger partial charge in [-0.1, -0.05) is 106 Å². The van der Waals surface area contributed by atoms with Gasteiger partial charge in [-0.3, -0.25) is 14.2 Å². The largest absolute Gasteiger partial charge is 0.731 e. The zero-order valence-electron chi connectivity index (χ0n) is 36.8. The molecule has 0 saturated carbocycles. The summed E-state index contributed by atoms with van der Waals surface area (Å²) in [6.07, 6.45) is 0.464. The van der Waals surface area contributed by atoms with Crippen molar-refractivity contribution in [2.75, 3.05) is 16.6 Å². The average molecular weight is 1110 g/mol. The van der Waals surface area contributed by atoms with Crippen LogP contribution < -0.4 is 30.4 Å². The van der Waals surface area contributed by atoms with E-state index in [0.29, 0.717) is 12.8 Å². The highest BCUT2D eigenvalue weighted by Crippen LogP contribution is 2.31. The van der Waals surface area contributed by atoms with E-state index in [4.69, 9.17) is 9.72 Å². The molecule has 8 aromatic rings. The third-order valence-electron chi connectivity index (χ3n) is 10.2. The van der Waals surface area contributed by atoms with Crippen LogP contribution in [0, 0.1) is 5.82 Å². The number of H-pyrrole nitrogens is 1. The molecule has 2 unspecified atom stereocenters. The minimum absolute atomic E-state index is 0. The number of nitrogens with two attached hydrogens (primary N) is 1. The van der Waals surface area contributed by atoms with Gasteiger partial charge in [-0.05, 0) is 76.0 Å². The van der Waals surface area contributed by atoms with Crippen LogP contribution >= 0.6 is 45.3 Å². The molecule has 0 aliphatic rings. The van der Waals surface area contributed by atoms with Gasteiger partial charge in [-0.2, -0.15) is 4.98 Å². The summed E-state index contributed by atoms with van der Waals surface area (Å²) >= 11 is 6.29. The number of amides is 2. The molecule has 0 fully saturated rings. The van der Waals surface area contributed by atoms with Gasteiger partial charge in [0.05, 0.1) is 17.4 Å². The van der Waals surface area contributed by atoms with Crippen molar-refractivity contribution in [2.45, 2.75) is 59.7 Å². The van der Waals surface area contributed by atoms with Crippen molar-refractivity contribution in [3.8, 4) is 19.8 Å². The van der Waals surface area contributed by atoms with Crippen LogP contribution in [0.5, 0.6) is 0 Å². The number of aromatic amines is 1. The van der Waals surface area contributed by atoms with Gasteiger partial charge < -0.3 is 29.8 Å². The van der Waals surface area contributed by atoms with Crippen LogP contribution in [-0.4, -0.2) is 56.1 Å². The van der Waals surface area contributed by atoms with Crippen LogP contribution in [0.15, 0.2) is 149 Å². The fourth-order valence-corrected chi connectivity index (χ4v) is 11.3. The number of thiophene rings is 2. The number of methoxy groups -OCH3 is 1. The van der Waals surface area contributed by atoms with E-state index < -0.39 is 44.7 Å². The molecule has 8 rings (SSSR count). The van der Waals surface area contributed by atoms with Gasteiger partial charge in [0.15, 0.2) is 20.6 Å². The quantitative estimate of drug-likeness (QED) is 0.0379. The number of benzene rings is 4. The van der Waals surface area contributed by atoms with Crippen LogP contribution in [0.3, 0.4) is 0 Å². The number of ether oxygens (including phenoxy) is 1. The molecule has 0 aliphatic carbocycles. The first-order valence-electron chi connectivity index (χ1n) is 21.0. The molecule has 0 bridgehead atoms. The van der Waals surface area contributed by atoms with Gasteiger partial charge in [-0.15, -0.1) is 34.0 Å². The van der Waals surface area contributed by atoms with Crippen LogP contribution in [-0.2, 0) is 49.4 Å².